The van der Waals surface area contributed by atoms with Gasteiger partial charge < -0.3 is 11.1 Å². The van der Waals surface area contributed by atoms with Gasteiger partial charge in [0.25, 0.3) is 0 Å². The van der Waals surface area contributed by atoms with Gasteiger partial charge in [0.2, 0.25) is 5.91 Å². The van der Waals surface area contributed by atoms with Crippen molar-refractivity contribution in [1.82, 2.24) is 5.32 Å². The zero-order chi connectivity index (χ0) is 6.69. The third kappa shape index (κ3) is 2.46. The van der Waals surface area contributed by atoms with E-state index in [0.717, 1.165) is 12.5 Å². The Morgan fingerprint density at radius 2 is 2.33 bits per heavy atom. The van der Waals surface area contributed by atoms with Crippen molar-refractivity contribution in [3.63, 3.8) is 0 Å². The van der Waals surface area contributed by atoms with E-state index < -0.39 is 0 Å². The van der Waals surface area contributed by atoms with E-state index >= 15 is 0 Å². The number of nitrogens with one attached hydrogen (secondary N) is 1. The molecule has 1 amide bonds. The molecule has 1 aliphatic rings. The van der Waals surface area contributed by atoms with Gasteiger partial charge in [0.1, 0.15) is 0 Å². The van der Waals surface area contributed by atoms with Crippen LogP contribution in [0.4, 0.5) is 0 Å². The van der Waals surface area contributed by atoms with Crippen molar-refractivity contribution in [3.8, 4) is 0 Å². The van der Waals surface area contributed by atoms with Crippen molar-refractivity contribution in [2.24, 2.45) is 11.7 Å². The third-order valence-electron chi connectivity index (χ3n) is 1.47. The van der Waals surface area contributed by atoms with E-state index in [-0.39, 0.29) is 12.5 Å². The van der Waals surface area contributed by atoms with Crippen LogP contribution in [0.15, 0.2) is 0 Å². The molecule has 1 fully saturated rings. The van der Waals surface area contributed by atoms with Crippen molar-refractivity contribution < 1.29 is 4.79 Å². The van der Waals surface area contributed by atoms with Gasteiger partial charge >= 0.3 is 0 Å². The second-order valence-electron chi connectivity index (χ2n) is 2.45. The molecule has 3 heteroatoms. The zero-order valence-electron chi connectivity index (χ0n) is 5.39. The van der Waals surface area contributed by atoms with Crippen LogP contribution in [0.5, 0.6) is 0 Å². The minimum Gasteiger partial charge on any atom is -0.355 e. The van der Waals surface area contributed by atoms with Crippen molar-refractivity contribution in [3.05, 3.63) is 0 Å². The molecule has 0 saturated heterocycles. The van der Waals surface area contributed by atoms with Crippen LogP contribution < -0.4 is 11.1 Å². The molecule has 0 aromatic rings. The van der Waals surface area contributed by atoms with Crippen LogP contribution in [0.2, 0.25) is 0 Å². The zero-order valence-corrected chi connectivity index (χ0v) is 5.39. The normalized spacial score (nSPS) is 17.4. The van der Waals surface area contributed by atoms with Crippen LogP contribution in [0.25, 0.3) is 0 Å². The Balaban J connectivity index is 1.96. The Morgan fingerprint density at radius 1 is 1.67 bits per heavy atom. The van der Waals surface area contributed by atoms with Crippen LogP contribution in [-0.4, -0.2) is 19.0 Å². The number of hydrogen-bond acceptors (Lipinski definition) is 2. The molecule has 0 atom stereocenters. The quantitative estimate of drug-likeness (QED) is 0.537. The van der Waals surface area contributed by atoms with Crippen LogP contribution >= 0.6 is 0 Å². The van der Waals surface area contributed by atoms with Gasteiger partial charge in [-0.3, -0.25) is 4.79 Å². The molecule has 3 nitrogen and oxygen atoms in total. The molecule has 0 radical (unpaired) electrons. The SMILES string of the molecule is NCC(=O)NCC1CC1. The molecule has 9 heavy (non-hydrogen) atoms. The van der Waals surface area contributed by atoms with E-state index in [4.69, 9.17) is 5.73 Å². The first-order chi connectivity index (χ1) is 4.33. The van der Waals surface area contributed by atoms with E-state index in [1.54, 1.807) is 0 Å². The van der Waals surface area contributed by atoms with Gasteiger partial charge in [0.15, 0.2) is 0 Å². The van der Waals surface area contributed by atoms with Crippen LogP contribution in [0.1, 0.15) is 12.8 Å². The molecule has 0 aliphatic heterocycles. The summed E-state index contributed by atoms with van der Waals surface area (Å²) in [5, 5.41) is 2.73. The van der Waals surface area contributed by atoms with Crippen molar-refractivity contribution in [2.75, 3.05) is 13.1 Å². The van der Waals surface area contributed by atoms with Gasteiger partial charge in [-0.1, -0.05) is 0 Å². The first-order valence-electron chi connectivity index (χ1n) is 3.29. The Labute approximate surface area is 54.6 Å². The summed E-state index contributed by atoms with van der Waals surface area (Å²) >= 11 is 0. The second-order valence-corrected chi connectivity index (χ2v) is 2.45. The van der Waals surface area contributed by atoms with Gasteiger partial charge in [-0.25, -0.2) is 0 Å². The standard InChI is InChI=1S/C6H12N2O/c7-3-6(9)8-4-5-1-2-5/h5H,1-4,7H2,(H,8,9). The molecule has 1 rings (SSSR count). The summed E-state index contributed by atoms with van der Waals surface area (Å²) in [7, 11) is 0. The van der Waals surface area contributed by atoms with Gasteiger partial charge in [-0.15, -0.1) is 0 Å². The molecule has 0 bridgehead atoms. The Morgan fingerprint density at radius 3 is 2.78 bits per heavy atom. The number of amides is 1. The second kappa shape index (κ2) is 2.82. The highest BCUT2D eigenvalue weighted by molar-refractivity contribution is 5.77. The van der Waals surface area contributed by atoms with Crippen molar-refractivity contribution in [2.45, 2.75) is 12.8 Å². The Bertz CT molecular complexity index is 110. The maximum Gasteiger partial charge on any atom is 0.233 e. The topological polar surface area (TPSA) is 55.1 Å². The van der Waals surface area contributed by atoms with E-state index in [9.17, 15) is 4.79 Å². The molecule has 3 N–H and O–H groups in total. The largest absolute Gasteiger partial charge is 0.355 e. The molecule has 0 heterocycles. The highest BCUT2D eigenvalue weighted by Gasteiger charge is 2.20. The van der Waals surface area contributed by atoms with Crippen LogP contribution in [0.3, 0.4) is 0 Å². The molecule has 0 aromatic carbocycles. The maximum absolute atomic E-state index is 10.5. The highest BCUT2D eigenvalue weighted by atomic mass is 16.1. The highest BCUT2D eigenvalue weighted by Crippen LogP contribution is 2.27. The molecule has 1 saturated carbocycles. The van der Waals surface area contributed by atoms with E-state index in [1.807, 2.05) is 0 Å². The fraction of sp³-hybridized carbons (Fsp3) is 0.833. The fourth-order valence-corrected chi connectivity index (χ4v) is 0.652. The van der Waals surface area contributed by atoms with Crippen LogP contribution in [0, 0.1) is 5.92 Å². The summed E-state index contributed by atoms with van der Waals surface area (Å²) in [6.45, 7) is 0.947. The molecular weight excluding hydrogens is 116 g/mol. The average molecular weight is 128 g/mol. The summed E-state index contributed by atoms with van der Waals surface area (Å²) < 4.78 is 0. The molecule has 0 unspecified atom stereocenters. The van der Waals surface area contributed by atoms with Crippen molar-refractivity contribution in [1.29, 1.82) is 0 Å². The summed E-state index contributed by atoms with van der Waals surface area (Å²) in [6.07, 6.45) is 2.54. The third-order valence-corrected chi connectivity index (χ3v) is 1.47. The molecular formula is C6H12N2O. The van der Waals surface area contributed by atoms with Crippen molar-refractivity contribution >= 4 is 5.91 Å². The fourth-order valence-electron chi connectivity index (χ4n) is 0.652. The lowest BCUT2D eigenvalue weighted by Gasteiger charge is -1.98. The smallest absolute Gasteiger partial charge is 0.233 e. The Hall–Kier alpha value is -0.570. The maximum atomic E-state index is 10.5. The summed E-state index contributed by atoms with van der Waals surface area (Å²) in [5.41, 5.74) is 5.07. The first-order valence-corrected chi connectivity index (χ1v) is 3.29. The predicted molar refractivity (Wildman–Crippen MR) is 34.8 cm³/mol. The van der Waals surface area contributed by atoms with Gasteiger partial charge in [-0.2, -0.15) is 0 Å². The van der Waals surface area contributed by atoms with E-state index in [2.05, 4.69) is 5.32 Å². The molecule has 0 aromatic heterocycles. The summed E-state index contributed by atoms with van der Waals surface area (Å²) in [5.74, 6) is 0.711. The molecule has 0 spiro atoms. The number of carbonyl (C=O) groups excluding carboxylic acids is 1. The molecule has 1 aliphatic carbocycles. The minimum absolute atomic E-state index is 0.0399. The minimum atomic E-state index is -0.0399. The van der Waals surface area contributed by atoms with Gasteiger partial charge in [0, 0.05) is 6.54 Å². The van der Waals surface area contributed by atoms with Gasteiger partial charge in [-0.05, 0) is 18.8 Å². The van der Waals surface area contributed by atoms with Crippen LogP contribution in [-0.2, 0) is 4.79 Å². The average Bonchev–Trinajstić information content (AvgIpc) is 2.65. The monoisotopic (exact) mass is 128 g/mol. The lowest BCUT2D eigenvalue weighted by Crippen LogP contribution is -2.31. The summed E-state index contributed by atoms with van der Waals surface area (Å²) in [6, 6.07) is 0. The number of hydrogen-bond donors (Lipinski definition) is 2. The number of nitrogens with two attached hydrogens (primary N) is 1. The Kier molecular flexibility index (Phi) is 2.05. The lowest BCUT2D eigenvalue weighted by molar-refractivity contribution is -0.119. The number of carbonyl (C=O) groups is 1. The van der Waals surface area contributed by atoms with Gasteiger partial charge in [0.05, 0.1) is 6.54 Å². The summed E-state index contributed by atoms with van der Waals surface area (Å²) in [4.78, 5) is 10.5. The number of rotatable bonds is 3. The lowest BCUT2D eigenvalue weighted by atomic mass is 10.4. The predicted octanol–water partition coefficient (Wildman–Crippen LogP) is -0.529. The first kappa shape index (κ1) is 6.55. The molecule has 52 valence electrons. The van der Waals surface area contributed by atoms with E-state index in [0.29, 0.717) is 0 Å². The van der Waals surface area contributed by atoms with E-state index in [1.165, 1.54) is 12.8 Å².